The fourth-order valence-corrected chi connectivity index (χ4v) is 0.948. The van der Waals surface area contributed by atoms with E-state index >= 15 is 0 Å². The van der Waals surface area contributed by atoms with Crippen LogP contribution in [0.1, 0.15) is 27.7 Å². The molecule has 0 aliphatic carbocycles. The predicted molar refractivity (Wildman–Crippen MR) is 57.0 cm³/mol. The van der Waals surface area contributed by atoms with Gasteiger partial charge in [0.1, 0.15) is 0 Å². The van der Waals surface area contributed by atoms with Gasteiger partial charge >= 0.3 is 0 Å². The molecule has 3 N–H and O–H groups in total. The monoisotopic (exact) mass is 202 g/mol. The fourth-order valence-electron chi connectivity index (χ4n) is 0.948. The first kappa shape index (κ1) is 13.4. The highest BCUT2D eigenvalue weighted by Crippen LogP contribution is 2.13. The molecule has 0 radical (unpaired) electrons. The highest BCUT2D eigenvalue weighted by atomic mass is 16.3. The van der Waals surface area contributed by atoms with Crippen LogP contribution in [0.4, 0.5) is 0 Å². The van der Waals surface area contributed by atoms with Crippen molar-refractivity contribution in [2.24, 2.45) is 5.41 Å². The number of nitrogens with one attached hydrogen (secondary N) is 2. The maximum absolute atomic E-state index is 11.6. The molecule has 4 nitrogen and oxygen atoms in total. The first-order chi connectivity index (χ1) is 6.40. The zero-order valence-corrected chi connectivity index (χ0v) is 9.55. The Bertz CT molecular complexity index is 179. The number of carbonyl (C=O) groups excluding carboxylic acids is 1. The summed E-state index contributed by atoms with van der Waals surface area (Å²) < 4.78 is 0. The molecule has 0 rings (SSSR count). The van der Waals surface area contributed by atoms with Gasteiger partial charge in [-0.25, -0.2) is 0 Å². The van der Waals surface area contributed by atoms with Gasteiger partial charge in [-0.1, -0.05) is 13.8 Å². The number of amides is 1. The maximum Gasteiger partial charge on any atom is 0.227 e. The van der Waals surface area contributed by atoms with Crippen molar-refractivity contribution in [1.29, 1.82) is 0 Å². The van der Waals surface area contributed by atoms with Gasteiger partial charge in [0.25, 0.3) is 0 Å². The molecule has 84 valence electrons. The third-order valence-corrected chi connectivity index (χ3v) is 1.96. The first-order valence-electron chi connectivity index (χ1n) is 5.02. The third kappa shape index (κ3) is 5.19. The van der Waals surface area contributed by atoms with Gasteiger partial charge in [0, 0.05) is 19.1 Å². The van der Waals surface area contributed by atoms with E-state index in [2.05, 4.69) is 10.6 Å². The molecule has 1 amide bonds. The van der Waals surface area contributed by atoms with E-state index in [-0.39, 0.29) is 12.5 Å². The Morgan fingerprint density at radius 2 is 2.00 bits per heavy atom. The summed E-state index contributed by atoms with van der Waals surface area (Å²) in [5.41, 5.74) is -0.431. The molecular formula is C10H22N2O2. The van der Waals surface area contributed by atoms with Gasteiger partial charge in [-0.15, -0.1) is 0 Å². The molecule has 0 saturated carbocycles. The second-order valence-electron chi connectivity index (χ2n) is 4.40. The molecule has 0 aromatic rings. The smallest absolute Gasteiger partial charge is 0.227 e. The molecular weight excluding hydrogens is 180 g/mol. The van der Waals surface area contributed by atoms with E-state index in [4.69, 9.17) is 5.11 Å². The van der Waals surface area contributed by atoms with Crippen molar-refractivity contribution in [1.82, 2.24) is 10.6 Å². The number of hydrogen-bond acceptors (Lipinski definition) is 3. The van der Waals surface area contributed by atoms with E-state index in [0.29, 0.717) is 19.1 Å². The van der Waals surface area contributed by atoms with Crippen molar-refractivity contribution in [3.05, 3.63) is 0 Å². The summed E-state index contributed by atoms with van der Waals surface area (Å²) in [5, 5.41) is 14.5. The van der Waals surface area contributed by atoms with Crippen LogP contribution >= 0.6 is 0 Å². The van der Waals surface area contributed by atoms with Gasteiger partial charge in [-0.3, -0.25) is 4.79 Å². The molecule has 0 fully saturated rings. The highest BCUT2D eigenvalue weighted by molar-refractivity contribution is 5.82. The summed E-state index contributed by atoms with van der Waals surface area (Å²) in [7, 11) is 0. The number of aliphatic hydroxyl groups excluding tert-OH is 1. The van der Waals surface area contributed by atoms with Crippen molar-refractivity contribution in [3.63, 3.8) is 0 Å². The lowest BCUT2D eigenvalue weighted by atomic mass is 9.92. The second kappa shape index (κ2) is 5.98. The number of carbonyl (C=O) groups is 1. The van der Waals surface area contributed by atoms with E-state index < -0.39 is 5.41 Å². The molecule has 4 heteroatoms. The first-order valence-corrected chi connectivity index (χ1v) is 5.02. The van der Waals surface area contributed by atoms with Crippen LogP contribution in [0.2, 0.25) is 0 Å². The summed E-state index contributed by atoms with van der Waals surface area (Å²) in [4.78, 5) is 11.6. The second-order valence-corrected chi connectivity index (χ2v) is 4.40. The van der Waals surface area contributed by atoms with E-state index in [1.54, 1.807) is 0 Å². The minimum Gasteiger partial charge on any atom is -0.395 e. The maximum atomic E-state index is 11.6. The van der Waals surface area contributed by atoms with Gasteiger partial charge in [-0.05, 0) is 13.8 Å². The summed E-state index contributed by atoms with van der Waals surface area (Å²) in [5.74, 6) is -0.0281. The molecule has 0 heterocycles. The molecule has 0 saturated heterocycles. The Kier molecular flexibility index (Phi) is 5.72. The van der Waals surface area contributed by atoms with E-state index in [1.165, 1.54) is 0 Å². The average Bonchev–Trinajstić information content (AvgIpc) is 2.11. The Morgan fingerprint density at radius 1 is 1.43 bits per heavy atom. The van der Waals surface area contributed by atoms with Gasteiger partial charge < -0.3 is 15.7 Å². The van der Waals surface area contributed by atoms with Crippen molar-refractivity contribution in [2.75, 3.05) is 19.7 Å². The predicted octanol–water partition coefficient (Wildman–Crippen LogP) is 0.119. The fraction of sp³-hybridized carbons (Fsp3) is 0.900. The molecule has 0 bridgehead atoms. The molecule has 0 unspecified atom stereocenters. The molecule has 0 aromatic carbocycles. The molecule has 0 atom stereocenters. The van der Waals surface area contributed by atoms with Crippen LogP contribution in [-0.4, -0.2) is 36.8 Å². The standard InChI is InChI=1S/C10H22N2O2/c1-8(2)12-7-10(3,4)9(14)11-5-6-13/h8,12-13H,5-7H2,1-4H3,(H,11,14). The Balaban J connectivity index is 3.96. The molecule has 0 aliphatic heterocycles. The quantitative estimate of drug-likeness (QED) is 0.573. The minimum absolute atomic E-state index is 0.0145. The summed E-state index contributed by atoms with van der Waals surface area (Å²) in [6, 6.07) is 0.375. The van der Waals surface area contributed by atoms with Crippen LogP contribution in [0.25, 0.3) is 0 Å². The van der Waals surface area contributed by atoms with Crippen molar-refractivity contribution < 1.29 is 9.90 Å². The summed E-state index contributed by atoms with van der Waals surface area (Å²) in [6.07, 6.45) is 0. The Morgan fingerprint density at radius 3 is 2.43 bits per heavy atom. The zero-order valence-electron chi connectivity index (χ0n) is 9.55. The van der Waals surface area contributed by atoms with Gasteiger partial charge in [0.2, 0.25) is 5.91 Å². The third-order valence-electron chi connectivity index (χ3n) is 1.96. The van der Waals surface area contributed by atoms with Crippen LogP contribution in [0, 0.1) is 5.41 Å². The van der Waals surface area contributed by atoms with Gasteiger partial charge in [0.15, 0.2) is 0 Å². The SMILES string of the molecule is CC(C)NCC(C)(C)C(=O)NCCO. The van der Waals surface area contributed by atoms with Crippen LogP contribution in [0.3, 0.4) is 0 Å². The molecule has 0 aliphatic rings. The lowest BCUT2D eigenvalue weighted by Gasteiger charge is -2.25. The lowest BCUT2D eigenvalue weighted by Crippen LogP contribution is -2.45. The van der Waals surface area contributed by atoms with Gasteiger partial charge in [0.05, 0.1) is 12.0 Å². The topological polar surface area (TPSA) is 61.4 Å². The van der Waals surface area contributed by atoms with E-state index in [1.807, 2.05) is 27.7 Å². The number of hydrogen-bond donors (Lipinski definition) is 3. The number of aliphatic hydroxyl groups is 1. The Labute approximate surface area is 86.1 Å². The molecule has 0 aromatic heterocycles. The molecule has 14 heavy (non-hydrogen) atoms. The van der Waals surface area contributed by atoms with Crippen LogP contribution in [0.5, 0.6) is 0 Å². The molecule has 0 spiro atoms. The van der Waals surface area contributed by atoms with Crippen LogP contribution in [0.15, 0.2) is 0 Å². The van der Waals surface area contributed by atoms with Crippen molar-refractivity contribution >= 4 is 5.91 Å². The van der Waals surface area contributed by atoms with E-state index in [9.17, 15) is 4.79 Å². The van der Waals surface area contributed by atoms with Crippen LogP contribution < -0.4 is 10.6 Å². The Hall–Kier alpha value is -0.610. The summed E-state index contributed by atoms with van der Waals surface area (Å²) in [6.45, 7) is 8.80. The van der Waals surface area contributed by atoms with Gasteiger partial charge in [-0.2, -0.15) is 0 Å². The minimum atomic E-state index is -0.431. The summed E-state index contributed by atoms with van der Waals surface area (Å²) >= 11 is 0. The zero-order chi connectivity index (χ0) is 11.2. The largest absolute Gasteiger partial charge is 0.395 e. The highest BCUT2D eigenvalue weighted by Gasteiger charge is 2.26. The average molecular weight is 202 g/mol. The normalized spacial score (nSPS) is 11.9. The van der Waals surface area contributed by atoms with E-state index in [0.717, 1.165) is 0 Å². The van der Waals surface area contributed by atoms with Crippen molar-refractivity contribution in [3.8, 4) is 0 Å². The van der Waals surface area contributed by atoms with Crippen molar-refractivity contribution in [2.45, 2.75) is 33.7 Å². The lowest BCUT2D eigenvalue weighted by molar-refractivity contribution is -0.129. The number of rotatable bonds is 6. The van der Waals surface area contributed by atoms with Crippen LogP contribution in [-0.2, 0) is 4.79 Å².